The van der Waals surface area contributed by atoms with E-state index in [-0.39, 0.29) is 17.8 Å². The summed E-state index contributed by atoms with van der Waals surface area (Å²) in [5.74, 6) is 0.905. The number of hydrogen-bond donors (Lipinski definition) is 1. The highest BCUT2D eigenvalue weighted by Gasteiger charge is 2.27. The third-order valence-corrected chi connectivity index (χ3v) is 9.06. The molecule has 1 atom stereocenters. The van der Waals surface area contributed by atoms with Crippen LogP contribution in [0.2, 0.25) is 5.02 Å². The minimum atomic E-state index is -0.405. The Labute approximate surface area is 230 Å². The Morgan fingerprint density at radius 2 is 1.92 bits per heavy atom. The summed E-state index contributed by atoms with van der Waals surface area (Å²) in [6, 6.07) is 3.81. The molecule has 2 aromatic heterocycles. The van der Waals surface area contributed by atoms with E-state index in [1.807, 2.05) is 44.4 Å². The molecule has 1 amide bonds. The van der Waals surface area contributed by atoms with E-state index < -0.39 is 5.97 Å². The van der Waals surface area contributed by atoms with Crippen LogP contribution >= 0.6 is 34.7 Å². The van der Waals surface area contributed by atoms with Crippen LogP contribution in [0.3, 0.4) is 0 Å². The van der Waals surface area contributed by atoms with E-state index in [1.54, 1.807) is 0 Å². The normalized spacial score (nSPS) is 13.7. The molecule has 2 heterocycles. The van der Waals surface area contributed by atoms with Crippen LogP contribution in [0, 0.1) is 13.8 Å². The molecule has 1 aliphatic rings. The van der Waals surface area contributed by atoms with E-state index in [1.165, 1.54) is 30.2 Å². The molecule has 0 fully saturated rings. The third kappa shape index (κ3) is 5.97. The second kappa shape index (κ2) is 11.9. The van der Waals surface area contributed by atoms with Crippen LogP contribution in [0.5, 0.6) is 5.75 Å². The molecule has 8 nitrogen and oxygen atoms in total. The first-order chi connectivity index (χ1) is 17.7. The van der Waals surface area contributed by atoms with Gasteiger partial charge >= 0.3 is 5.97 Å². The highest BCUT2D eigenvalue weighted by atomic mass is 35.5. The lowest BCUT2D eigenvalue weighted by molar-refractivity contribution is -0.113. The van der Waals surface area contributed by atoms with Gasteiger partial charge in [-0.2, -0.15) is 0 Å². The topological polar surface area (TPSA) is 95.3 Å². The summed E-state index contributed by atoms with van der Waals surface area (Å²) in [5.41, 5.74) is 3.41. The number of aromatic nitrogens is 3. The van der Waals surface area contributed by atoms with Crippen molar-refractivity contribution in [2.45, 2.75) is 71.2 Å². The lowest BCUT2D eigenvalue weighted by Gasteiger charge is -2.17. The van der Waals surface area contributed by atoms with Gasteiger partial charge in [0, 0.05) is 16.4 Å². The van der Waals surface area contributed by atoms with Gasteiger partial charge in [0.1, 0.15) is 10.8 Å². The Bertz CT molecular complexity index is 1300. The van der Waals surface area contributed by atoms with Crippen molar-refractivity contribution in [2.24, 2.45) is 0 Å². The molecule has 3 aromatic rings. The van der Waals surface area contributed by atoms with Gasteiger partial charge in [-0.3, -0.25) is 4.79 Å². The zero-order chi connectivity index (χ0) is 26.7. The Morgan fingerprint density at radius 1 is 1.22 bits per heavy atom. The number of fused-ring (bicyclic) bond motifs is 1. The number of carbonyl (C=O) groups is 2. The zero-order valence-electron chi connectivity index (χ0n) is 21.6. The average Bonchev–Trinajstić information content (AvgIpc) is 3.46. The molecule has 0 spiro atoms. The maximum atomic E-state index is 12.9. The first-order valence-corrected chi connectivity index (χ1v) is 14.4. The number of anilines is 1. The largest absolute Gasteiger partial charge is 0.483 e. The quantitative estimate of drug-likeness (QED) is 0.246. The SMILES string of the molecule is CCn1c(SCC(=O)Nc2sc3c(c2C(=O)OC)CCCC3)nnc1C(C)Oc1cc(C)c(Cl)c(C)c1. The summed E-state index contributed by atoms with van der Waals surface area (Å²) in [4.78, 5) is 26.5. The summed E-state index contributed by atoms with van der Waals surface area (Å²) < 4.78 is 13.1. The number of aryl methyl sites for hydroxylation is 3. The summed E-state index contributed by atoms with van der Waals surface area (Å²) in [5, 5.41) is 13.5. The van der Waals surface area contributed by atoms with Gasteiger partial charge in [-0.25, -0.2) is 4.79 Å². The second-order valence-corrected chi connectivity index (χ2v) is 11.4. The lowest BCUT2D eigenvalue weighted by Crippen LogP contribution is -2.17. The van der Waals surface area contributed by atoms with Crippen LogP contribution in [0.25, 0.3) is 0 Å². The highest BCUT2D eigenvalue weighted by Crippen LogP contribution is 2.38. The van der Waals surface area contributed by atoms with Crippen LogP contribution < -0.4 is 10.1 Å². The fraction of sp³-hybridized carbons (Fsp3) is 0.462. The van der Waals surface area contributed by atoms with Gasteiger partial charge in [-0.05, 0) is 82.2 Å². The number of methoxy groups -OCH3 is 1. The number of nitrogens with one attached hydrogen (secondary N) is 1. The van der Waals surface area contributed by atoms with Gasteiger partial charge in [0.15, 0.2) is 17.1 Å². The number of ether oxygens (including phenoxy) is 2. The maximum Gasteiger partial charge on any atom is 0.341 e. The van der Waals surface area contributed by atoms with Crippen LogP contribution in [-0.2, 0) is 28.9 Å². The van der Waals surface area contributed by atoms with Crippen molar-refractivity contribution >= 4 is 51.6 Å². The van der Waals surface area contributed by atoms with Crippen molar-refractivity contribution in [1.82, 2.24) is 14.8 Å². The van der Waals surface area contributed by atoms with Crippen LogP contribution in [0.4, 0.5) is 5.00 Å². The van der Waals surface area contributed by atoms with E-state index >= 15 is 0 Å². The first-order valence-electron chi connectivity index (χ1n) is 12.2. The predicted octanol–water partition coefficient (Wildman–Crippen LogP) is 6.17. The number of halogens is 1. The monoisotopic (exact) mass is 562 g/mol. The Morgan fingerprint density at radius 3 is 2.59 bits per heavy atom. The molecule has 0 saturated carbocycles. The molecule has 1 aliphatic carbocycles. The first kappa shape index (κ1) is 27.5. The minimum absolute atomic E-state index is 0.131. The number of thiophene rings is 1. The number of carbonyl (C=O) groups excluding carboxylic acids is 2. The number of esters is 1. The average molecular weight is 563 g/mol. The van der Waals surface area contributed by atoms with Crippen molar-refractivity contribution in [3.05, 3.63) is 50.1 Å². The van der Waals surface area contributed by atoms with E-state index in [0.29, 0.717) is 33.8 Å². The van der Waals surface area contributed by atoms with Crippen LogP contribution in [0.1, 0.15) is 70.5 Å². The molecule has 4 rings (SSSR count). The second-order valence-electron chi connectivity index (χ2n) is 8.96. The van der Waals surface area contributed by atoms with E-state index in [0.717, 1.165) is 52.3 Å². The predicted molar refractivity (Wildman–Crippen MR) is 147 cm³/mol. The molecule has 198 valence electrons. The summed E-state index contributed by atoms with van der Waals surface area (Å²) in [6.07, 6.45) is 3.53. The molecule has 0 aliphatic heterocycles. The third-order valence-electron chi connectivity index (χ3n) is 6.29. The summed E-state index contributed by atoms with van der Waals surface area (Å²) >= 11 is 9.06. The molecule has 1 unspecified atom stereocenters. The standard InChI is InChI=1S/C26H31ClN4O4S2/c1-6-31-23(16(4)35-17-11-14(2)22(27)15(3)12-17)29-30-26(31)36-13-20(32)28-24-21(25(33)34-5)18-9-7-8-10-19(18)37-24/h11-12,16H,6-10,13H2,1-5H3,(H,28,32). The number of rotatable bonds is 9. The van der Waals surface area contributed by atoms with Gasteiger partial charge < -0.3 is 19.4 Å². The van der Waals surface area contributed by atoms with Crippen molar-refractivity contribution in [2.75, 3.05) is 18.2 Å². The zero-order valence-corrected chi connectivity index (χ0v) is 24.0. The molecular weight excluding hydrogens is 532 g/mol. The maximum absolute atomic E-state index is 12.9. The molecule has 37 heavy (non-hydrogen) atoms. The van der Waals surface area contributed by atoms with Crippen molar-refractivity contribution in [3.8, 4) is 5.75 Å². The molecule has 1 N–H and O–H groups in total. The molecular formula is C26H31ClN4O4S2. The molecule has 0 saturated heterocycles. The van der Waals surface area contributed by atoms with Crippen molar-refractivity contribution in [1.29, 1.82) is 0 Å². The van der Waals surface area contributed by atoms with Gasteiger partial charge in [0.25, 0.3) is 0 Å². The van der Waals surface area contributed by atoms with Gasteiger partial charge in [0.2, 0.25) is 5.91 Å². The van der Waals surface area contributed by atoms with Gasteiger partial charge in [0.05, 0.1) is 18.4 Å². The number of thioether (sulfide) groups is 1. The van der Waals surface area contributed by atoms with Crippen molar-refractivity contribution in [3.63, 3.8) is 0 Å². The Kier molecular flexibility index (Phi) is 8.82. The fourth-order valence-corrected chi connectivity index (χ4v) is 6.71. The number of nitrogens with zero attached hydrogens (tertiary/aromatic N) is 3. The number of amides is 1. The van der Waals surface area contributed by atoms with E-state index in [4.69, 9.17) is 21.1 Å². The van der Waals surface area contributed by atoms with Crippen molar-refractivity contribution < 1.29 is 19.1 Å². The fourth-order valence-electron chi connectivity index (χ4n) is 4.50. The van der Waals surface area contributed by atoms with E-state index in [9.17, 15) is 9.59 Å². The van der Waals surface area contributed by atoms with Gasteiger partial charge in [-0.1, -0.05) is 23.4 Å². The summed E-state index contributed by atoms with van der Waals surface area (Å²) in [7, 11) is 1.37. The van der Waals surface area contributed by atoms with E-state index in [2.05, 4.69) is 15.5 Å². The van der Waals surface area contributed by atoms with Crippen LogP contribution in [0.15, 0.2) is 17.3 Å². The molecule has 0 radical (unpaired) electrons. The molecule has 0 bridgehead atoms. The highest BCUT2D eigenvalue weighted by molar-refractivity contribution is 7.99. The summed E-state index contributed by atoms with van der Waals surface area (Å²) in [6.45, 7) is 8.44. The number of benzene rings is 1. The van der Waals surface area contributed by atoms with Gasteiger partial charge in [-0.15, -0.1) is 21.5 Å². The minimum Gasteiger partial charge on any atom is -0.483 e. The number of hydrogen-bond acceptors (Lipinski definition) is 8. The molecule has 11 heteroatoms. The van der Waals surface area contributed by atoms with Crippen LogP contribution in [-0.4, -0.2) is 39.5 Å². The Hall–Kier alpha value is -2.56. The molecule has 1 aromatic carbocycles. The smallest absolute Gasteiger partial charge is 0.341 e. The Balaban J connectivity index is 1.44. The lowest BCUT2D eigenvalue weighted by atomic mass is 9.95.